The summed E-state index contributed by atoms with van der Waals surface area (Å²) < 4.78 is 10.4. The summed E-state index contributed by atoms with van der Waals surface area (Å²) in [5, 5.41) is 9.08. The average Bonchev–Trinajstić information content (AvgIpc) is 2.72. The highest BCUT2D eigenvalue weighted by Crippen LogP contribution is 2.35. The molecular formula is C11H13NO4. The van der Waals surface area contributed by atoms with Gasteiger partial charge in [-0.2, -0.15) is 0 Å². The van der Waals surface area contributed by atoms with Crippen molar-refractivity contribution in [3.05, 3.63) is 23.8 Å². The van der Waals surface area contributed by atoms with E-state index in [9.17, 15) is 4.79 Å². The first-order chi connectivity index (χ1) is 7.72. The summed E-state index contributed by atoms with van der Waals surface area (Å²) in [6.07, 6.45) is 0.412. The topological polar surface area (TPSA) is 81.8 Å². The molecule has 0 spiro atoms. The molecule has 0 aromatic heterocycles. The number of carboxylic acids is 1. The van der Waals surface area contributed by atoms with Gasteiger partial charge in [-0.3, -0.25) is 4.79 Å². The molecule has 1 atom stereocenters. The van der Waals surface area contributed by atoms with Gasteiger partial charge < -0.3 is 20.3 Å². The van der Waals surface area contributed by atoms with Gasteiger partial charge in [0.15, 0.2) is 11.5 Å². The van der Waals surface area contributed by atoms with Gasteiger partial charge in [0.2, 0.25) is 6.79 Å². The quantitative estimate of drug-likeness (QED) is 0.793. The van der Waals surface area contributed by atoms with Crippen LogP contribution in [0.2, 0.25) is 0 Å². The highest BCUT2D eigenvalue weighted by Gasteiger charge is 2.22. The lowest BCUT2D eigenvalue weighted by molar-refractivity contribution is -0.138. The predicted octanol–water partition coefficient (Wildman–Crippen LogP) is 0.932. The minimum Gasteiger partial charge on any atom is -0.481 e. The zero-order valence-electron chi connectivity index (χ0n) is 8.68. The molecule has 0 aliphatic carbocycles. The highest BCUT2D eigenvalue weighted by atomic mass is 16.7. The average molecular weight is 223 g/mol. The SMILES string of the molecule is NCCC(C(=O)O)c1ccc2c(c1)OCO2. The number of aliphatic carboxylic acids is 1. The van der Waals surface area contributed by atoms with E-state index in [-0.39, 0.29) is 6.79 Å². The van der Waals surface area contributed by atoms with Gasteiger partial charge in [0.25, 0.3) is 0 Å². The van der Waals surface area contributed by atoms with E-state index in [4.69, 9.17) is 20.3 Å². The summed E-state index contributed by atoms with van der Waals surface area (Å²) in [6, 6.07) is 5.17. The Labute approximate surface area is 92.8 Å². The van der Waals surface area contributed by atoms with Crippen LogP contribution in [0.4, 0.5) is 0 Å². The lowest BCUT2D eigenvalue weighted by Gasteiger charge is -2.11. The van der Waals surface area contributed by atoms with Crippen LogP contribution >= 0.6 is 0 Å². The standard InChI is InChI=1S/C11H13NO4/c12-4-3-8(11(13)14)7-1-2-9-10(5-7)16-6-15-9/h1-2,5,8H,3-4,6,12H2,(H,13,14). The highest BCUT2D eigenvalue weighted by molar-refractivity contribution is 5.76. The predicted molar refractivity (Wildman–Crippen MR) is 56.6 cm³/mol. The number of fused-ring (bicyclic) bond motifs is 1. The number of hydrogen-bond donors (Lipinski definition) is 2. The monoisotopic (exact) mass is 223 g/mol. The van der Waals surface area contributed by atoms with Crippen LogP contribution in [0.15, 0.2) is 18.2 Å². The summed E-state index contributed by atoms with van der Waals surface area (Å²) >= 11 is 0. The van der Waals surface area contributed by atoms with Crippen LogP contribution in [0.25, 0.3) is 0 Å². The summed E-state index contributed by atoms with van der Waals surface area (Å²) in [5.41, 5.74) is 6.09. The third kappa shape index (κ3) is 1.94. The largest absolute Gasteiger partial charge is 0.481 e. The van der Waals surface area contributed by atoms with Crippen molar-refractivity contribution in [1.29, 1.82) is 0 Å². The molecule has 0 fully saturated rings. The smallest absolute Gasteiger partial charge is 0.311 e. The molecule has 1 aromatic carbocycles. The third-order valence-corrected chi connectivity index (χ3v) is 2.55. The van der Waals surface area contributed by atoms with Crippen molar-refractivity contribution in [3.8, 4) is 11.5 Å². The van der Waals surface area contributed by atoms with Gasteiger partial charge in [0.1, 0.15) is 0 Å². The molecule has 0 saturated heterocycles. The fourth-order valence-corrected chi connectivity index (χ4v) is 1.73. The first-order valence-electron chi connectivity index (χ1n) is 5.05. The van der Waals surface area contributed by atoms with Gasteiger partial charge in [-0.15, -0.1) is 0 Å². The zero-order chi connectivity index (χ0) is 11.5. The van der Waals surface area contributed by atoms with Gasteiger partial charge in [0.05, 0.1) is 5.92 Å². The first kappa shape index (κ1) is 10.8. The van der Waals surface area contributed by atoms with E-state index in [0.29, 0.717) is 30.0 Å². The van der Waals surface area contributed by atoms with Crippen LogP contribution in [0, 0.1) is 0 Å². The fraction of sp³-hybridized carbons (Fsp3) is 0.364. The molecule has 0 radical (unpaired) electrons. The molecule has 1 heterocycles. The van der Waals surface area contributed by atoms with Crippen molar-refractivity contribution in [3.63, 3.8) is 0 Å². The van der Waals surface area contributed by atoms with Gasteiger partial charge in [0, 0.05) is 0 Å². The molecule has 1 aliphatic heterocycles. The Balaban J connectivity index is 2.28. The Morgan fingerprint density at radius 3 is 2.88 bits per heavy atom. The normalized spacial score (nSPS) is 14.8. The van der Waals surface area contributed by atoms with E-state index in [1.54, 1.807) is 18.2 Å². The van der Waals surface area contributed by atoms with Crippen LogP contribution < -0.4 is 15.2 Å². The molecule has 0 amide bonds. The molecule has 2 rings (SSSR count). The van der Waals surface area contributed by atoms with E-state index in [1.165, 1.54) is 0 Å². The van der Waals surface area contributed by atoms with Crippen LogP contribution in [-0.2, 0) is 4.79 Å². The van der Waals surface area contributed by atoms with Gasteiger partial charge in [-0.25, -0.2) is 0 Å². The van der Waals surface area contributed by atoms with E-state index in [1.807, 2.05) is 0 Å². The Bertz CT molecular complexity index is 405. The Morgan fingerprint density at radius 2 is 2.19 bits per heavy atom. The molecule has 1 aromatic rings. The van der Waals surface area contributed by atoms with Crippen LogP contribution in [-0.4, -0.2) is 24.4 Å². The Kier molecular flexibility index (Phi) is 2.96. The lowest BCUT2D eigenvalue weighted by Crippen LogP contribution is -2.16. The van der Waals surface area contributed by atoms with Gasteiger partial charge in [-0.1, -0.05) is 6.07 Å². The molecule has 1 aliphatic rings. The fourth-order valence-electron chi connectivity index (χ4n) is 1.73. The molecule has 1 unspecified atom stereocenters. The minimum absolute atomic E-state index is 0.188. The number of nitrogens with two attached hydrogens (primary N) is 1. The van der Waals surface area contributed by atoms with Crippen molar-refractivity contribution in [2.24, 2.45) is 5.73 Å². The number of carbonyl (C=O) groups is 1. The Morgan fingerprint density at radius 1 is 1.44 bits per heavy atom. The molecule has 0 bridgehead atoms. The van der Waals surface area contributed by atoms with Crippen molar-refractivity contribution in [1.82, 2.24) is 0 Å². The van der Waals surface area contributed by atoms with Crippen LogP contribution in [0.5, 0.6) is 11.5 Å². The molecule has 5 nitrogen and oxygen atoms in total. The maximum absolute atomic E-state index is 11.1. The van der Waals surface area contributed by atoms with E-state index < -0.39 is 11.9 Å². The lowest BCUT2D eigenvalue weighted by atomic mass is 9.95. The Hall–Kier alpha value is -1.75. The summed E-state index contributed by atoms with van der Waals surface area (Å²) in [4.78, 5) is 11.1. The molecule has 16 heavy (non-hydrogen) atoms. The molecule has 0 saturated carbocycles. The van der Waals surface area contributed by atoms with Crippen molar-refractivity contribution in [2.45, 2.75) is 12.3 Å². The molecule has 5 heteroatoms. The molecule has 86 valence electrons. The van der Waals surface area contributed by atoms with Crippen LogP contribution in [0.3, 0.4) is 0 Å². The van der Waals surface area contributed by atoms with E-state index in [0.717, 1.165) is 0 Å². The number of hydrogen-bond acceptors (Lipinski definition) is 4. The third-order valence-electron chi connectivity index (χ3n) is 2.55. The first-order valence-corrected chi connectivity index (χ1v) is 5.05. The van der Waals surface area contributed by atoms with E-state index in [2.05, 4.69) is 0 Å². The maximum atomic E-state index is 11.1. The molecular weight excluding hydrogens is 210 g/mol. The second-order valence-corrected chi connectivity index (χ2v) is 3.58. The van der Waals surface area contributed by atoms with Crippen molar-refractivity contribution >= 4 is 5.97 Å². The second kappa shape index (κ2) is 4.40. The summed E-state index contributed by atoms with van der Waals surface area (Å²) in [5.74, 6) is -0.203. The molecule has 3 N–H and O–H groups in total. The number of carboxylic acid groups (broad SMARTS) is 1. The summed E-state index contributed by atoms with van der Waals surface area (Å²) in [6.45, 7) is 0.527. The number of benzene rings is 1. The van der Waals surface area contributed by atoms with Crippen molar-refractivity contribution < 1.29 is 19.4 Å². The maximum Gasteiger partial charge on any atom is 0.311 e. The number of rotatable bonds is 4. The van der Waals surface area contributed by atoms with Gasteiger partial charge >= 0.3 is 5.97 Å². The van der Waals surface area contributed by atoms with Crippen molar-refractivity contribution in [2.75, 3.05) is 13.3 Å². The summed E-state index contributed by atoms with van der Waals surface area (Å²) in [7, 11) is 0. The second-order valence-electron chi connectivity index (χ2n) is 3.58. The van der Waals surface area contributed by atoms with E-state index >= 15 is 0 Å². The zero-order valence-corrected chi connectivity index (χ0v) is 8.68. The minimum atomic E-state index is -0.871. The van der Waals surface area contributed by atoms with Crippen LogP contribution in [0.1, 0.15) is 17.9 Å². The number of ether oxygens (including phenoxy) is 2. The van der Waals surface area contributed by atoms with Gasteiger partial charge in [-0.05, 0) is 30.7 Å².